The van der Waals surface area contributed by atoms with Gasteiger partial charge in [-0.05, 0) is 31.2 Å². The van der Waals surface area contributed by atoms with Crippen LogP contribution < -0.4 is 4.74 Å². The number of rotatable bonds is 3. The summed E-state index contributed by atoms with van der Waals surface area (Å²) in [6.45, 7) is 2.03. The van der Waals surface area contributed by atoms with Gasteiger partial charge in [0, 0.05) is 18.2 Å². The molecule has 5 rings (SSSR count). The average Bonchev–Trinajstić information content (AvgIpc) is 3.20. The normalized spacial score (nSPS) is 14.0. The number of benzene rings is 3. The molecule has 1 amide bonds. The van der Waals surface area contributed by atoms with E-state index < -0.39 is 5.92 Å². The number of carbonyl (C=O) groups excluding carboxylic acids is 1. The van der Waals surface area contributed by atoms with Gasteiger partial charge in [-0.2, -0.15) is 0 Å². The molecule has 0 fully saturated rings. The largest absolute Gasteiger partial charge is 0.457 e. The summed E-state index contributed by atoms with van der Waals surface area (Å²) in [5, 5.41) is 0.940. The average molecular weight is 401 g/mol. The summed E-state index contributed by atoms with van der Waals surface area (Å²) in [7, 11) is 1.86. The fraction of sp³-hybridized carbons (Fsp3) is 0.167. The van der Waals surface area contributed by atoms with E-state index in [1.54, 1.807) is 16.2 Å². The molecule has 0 N–H and O–H groups in total. The lowest BCUT2D eigenvalue weighted by Gasteiger charge is -2.32. The van der Waals surface area contributed by atoms with Crippen LogP contribution >= 0.6 is 11.3 Å². The van der Waals surface area contributed by atoms with E-state index in [-0.39, 0.29) is 11.9 Å². The number of thiazole rings is 1. The molecule has 144 valence electrons. The first-order valence-corrected chi connectivity index (χ1v) is 10.4. The molecule has 4 aromatic rings. The standard InChI is InChI=1S/C24H20N2O2S/c1-15(23-25-18-11-5-8-14-21(18)29-23)26(2)24(27)22-16-9-3-6-12-19(16)28-20-13-7-4-10-17(20)22/h3-15,22H,1-2H3/t15-/m0/s1. The van der Waals surface area contributed by atoms with E-state index >= 15 is 0 Å². The number of hydrogen-bond donors (Lipinski definition) is 0. The first-order chi connectivity index (χ1) is 14.1. The van der Waals surface area contributed by atoms with Gasteiger partial charge >= 0.3 is 0 Å². The summed E-state index contributed by atoms with van der Waals surface area (Å²) >= 11 is 1.64. The van der Waals surface area contributed by atoms with Crippen molar-refractivity contribution in [1.82, 2.24) is 9.88 Å². The van der Waals surface area contributed by atoms with Gasteiger partial charge < -0.3 is 9.64 Å². The van der Waals surface area contributed by atoms with Gasteiger partial charge in [0.15, 0.2) is 0 Å². The highest BCUT2D eigenvalue weighted by Gasteiger charge is 2.36. The topological polar surface area (TPSA) is 42.4 Å². The smallest absolute Gasteiger partial charge is 0.235 e. The third-order valence-electron chi connectivity index (χ3n) is 5.52. The molecule has 0 bridgehead atoms. The predicted molar refractivity (Wildman–Crippen MR) is 116 cm³/mol. The van der Waals surface area contributed by atoms with Crippen LogP contribution in [0.25, 0.3) is 10.2 Å². The first-order valence-electron chi connectivity index (χ1n) is 9.61. The van der Waals surface area contributed by atoms with E-state index in [2.05, 4.69) is 6.07 Å². The maximum absolute atomic E-state index is 13.7. The van der Waals surface area contributed by atoms with Crippen molar-refractivity contribution in [3.05, 3.63) is 88.9 Å². The summed E-state index contributed by atoms with van der Waals surface area (Å²) in [5.74, 6) is 1.13. The Morgan fingerprint density at radius 1 is 0.966 bits per heavy atom. The Kier molecular flexibility index (Phi) is 4.32. The summed E-state index contributed by atoms with van der Waals surface area (Å²) in [4.78, 5) is 20.3. The van der Waals surface area contributed by atoms with Crippen LogP contribution in [0, 0.1) is 0 Å². The maximum atomic E-state index is 13.7. The number of aromatic nitrogens is 1. The van der Waals surface area contributed by atoms with E-state index in [0.717, 1.165) is 37.9 Å². The van der Waals surface area contributed by atoms with Crippen LogP contribution in [0.15, 0.2) is 72.8 Å². The first kappa shape index (κ1) is 17.9. The van der Waals surface area contributed by atoms with Crippen LogP contribution in [-0.2, 0) is 4.79 Å². The Morgan fingerprint density at radius 2 is 1.55 bits per heavy atom. The number of hydrogen-bond acceptors (Lipinski definition) is 4. The molecule has 0 aliphatic carbocycles. The molecule has 4 nitrogen and oxygen atoms in total. The van der Waals surface area contributed by atoms with Gasteiger partial charge in [-0.15, -0.1) is 11.3 Å². The second kappa shape index (κ2) is 7.01. The number of ether oxygens (including phenoxy) is 1. The van der Waals surface area contributed by atoms with Crippen LogP contribution in [0.3, 0.4) is 0 Å². The zero-order valence-corrected chi connectivity index (χ0v) is 17.0. The van der Waals surface area contributed by atoms with Gasteiger partial charge in [0.2, 0.25) is 5.91 Å². The minimum absolute atomic E-state index is 0.0416. The monoisotopic (exact) mass is 400 g/mol. The summed E-state index contributed by atoms with van der Waals surface area (Å²) < 4.78 is 7.18. The van der Waals surface area contributed by atoms with Gasteiger partial charge in [-0.1, -0.05) is 48.5 Å². The molecule has 3 aromatic carbocycles. The van der Waals surface area contributed by atoms with Crippen molar-refractivity contribution in [2.45, 2.75) is 18.9 Å². The lowest BCUT2D eigenvalue weighted by Crippen LogP contribution is -2.35. The molecule has 29 heavy (non-hydrogen) atoms. The van der Waals surface area contributed by atoms with Gasteiger partial charge in [0.05, 0.1) is 22.2 Å². The second-order valence-electron chi connectivity index (χ2n) is 7.26. The van der Waals surface area contributed by atoms with Crippen molar-refractivity contribution in [1.29, 1.82) is 0 Å². The second-order valence-corrected chi connectivity index (χ2v) is 8.32. The zero-order valence-electron chi connectivity index (χ0n) is 16.2. The Hall–Kier alpha value is -3.18. The number of fused-ring (bicyclic) bond motifs is 3. The molecule has 1 aliphatic heterocycles. The van der Waals surface area contributed by atoms with Crippen molar-refractivity contribution < 1.29 is 9.53 Å². The quantitative estimate of drug-likeness (QED) is 0.439. The Labute approximate surface area is 173 Å². The van der Waals surface area contributed by atoms with Crippen LogP contribution in [-0.4, -0.2) is 22.8 Å². The molecule has 1 aliphatic rings. The summed E-state index contributed by atoms with van der Waals surface area (Å²) in [5.41, 5.74) is 2.78. The Morgan fingerprint density at radius 3 is 2.21 bits per heavy atom. The fourth-order valence-electron chi connectivity index (χ4n) is 3.80. The molecule has 0 spiro atoms. The molecular formula is C24H20N2O2S. The molecule has 5 heteroatoms. The zero-order chi connectivity index (χ0) is 20.0. The lowest BCUT2D eigenvalue weighted by molar-refractivity contribution is -0.132. The molecule has 1 aromatic heterocycles. The highest BCUT2D eigenvalue weighted by molar-refractivity contribution is 7.18. The third kappa shape index (κ3) is 2.98. The molecule has 0 unspecified atom stereocenters. The summed E-state index contributed by atoms with van der Waals surface area (Å²) in [6.07, 6.45) is 0. The molecule has 0 radical (unpaired) electrons. The van der Waals surface area contributed by atoms with Crippen molar-refractivity contribution in [2.24, 2.45) is 0 Å². The highest BCUT2D eigenvalue weighted by atomic mass is 32.1. The minimum Gasteiger partial charge on any atom is -0.457 e. The summed E-state index contributed by atoms with van der Waals surface area (Å²) in [6, 6.07) is 23.5. The van der Waals surface area contributed by atoms with E-state index in [0.29, 0.717) is 0 Å². The fourth-order valence-corrected chi connectivity index (χ4v) is 4.87. The molecule has 2 heterocycles. The van der Waals surface area contributed by atoms with E-state index in [4.69, 9.17) is 9.72 Å². The Balaban J connectivity index is 1.53. The van der Waals surface area contributed by atoms with Gasteiger partial charge in [-0.25, -0.2) is 4.98 Å². The van der Waals surface area contributed by atoms with Gasteiger partial charge in [0.25, 0.3) is 0 Å². The highest BCUT2D eigenvalue weighted by Crippen LogP contribution is 2.45. The predicted octanol–water partition coefficient (Wildman–Crippen LogP) is 5.75. The van der Waals surface area contributed by atoms with Crippen molar-refractivity contribution in [2.75, 3.05) is 7.05 Å². The molecular weight excluding hydrogens is 380 g/mol. The van der Waals surface area contributed by atoms with E-state index in [9.17, 15) is 4.79 Å². The minimum atomic E-state index is -0.391. The molecule has 0 saturated heterocycles. The van der Waals surface area contributed by atoms with Crippen molar-refractivity contribution >= 4 is 27.5 Å². The van der Waals surface area contributed by atoms with Gasteiger partial charge in [-0.3, -0.25) is 4.79 Å². The number of para-hydroxylation sites is 3. The number of likely N-dealkylation sites (N-methyl/N-ethyl adjacent to an activating group) is 1. The van der Waals surface area contributed by atoms with Crippen LogP contribution in [0.4, 0.5) is 0 Å². The number of carbonyl (C=O) groups is 1. The van der Waals surface area contributed by atoms with Crippen LogP contribution in [0.2, 0.25) is 0 Å². The van der Waals surface area contributed by atoms with Crippen LogP contribution in [0.1, 0.15) is 35.0 Å². The van der Waals surface area contributed by atoms with Gasteiger partial charge in [0.1, 0.15) is 16.5 Å². The van der Waals surface area contributed by atoms with Crippen molar-refractivity contribution in [3.8, 4) is 11.5 Å². The number of amides is 1. The Bertz CT molecular complexity index is 1140. The number of nitrogens with zero attached hydrogens (tertiary/aromatic N) is 2. The van der Waals surface area contributed by atoms with Crippen molar-refractivity contribution in [3.63, 3.8) is 0 Å². The van der Waals surface area contributed by atoms with E-state index in [1.165, 1.54) is 0 Å². The van der Waals surface area contributed by atoms with Crippen LogP contribution in [0.5, 0.6) is 11.5 Å². The lowest BCUT2D eigenvalue weighted by atomic mass is 9.86. The molecule has 0 saturated carbocycles. The third-order valence-corrected chi connectivity index (χ3v) is 6.73. The SMILES string of the molecule is C[C@@H](c1nc2ccccc2s1)N(C)C(=O)C1c2ccccc2Oc2ccccc21. The maximum Gasteiger partial charge on any atom is 0.235 e. The molecule has 1 atom stereocenters. The van der Waals surface area contributed by atoms with E-state index in [1.807, 2.05) is 80.7 Å².